The number of hydrogen-bond acceptors (Lipinski definition) is 7. The Balaban J connectivity index is 1.43. The molecule has 0 radical (unpaired) electrons. The van der Waals surface area contributed by atoms with E-state index in [9.17, 15) is 4.79 Å². The van der Waals surface area contributed by atoms with Crippen molar-refractivity contribution in [3.05, 3.63) is 45.9 Å². The Hall–Kier alpha value is -2.70. The van der Waals surface area contributed by atoms with E-state index in [-0.39, 0.29) is 11.8 Å². The lowest BCUT2D eigenvalue weighted by Crippen LogP contribution is -2.30. The Kier molecular flexibility index (Phi) is 7.91. The molecule has 1 atom stereocenters. The van der Waals surface area contributed by atoms with Gasteiger partial charge in [-0.25, -0.2) is 4.79 Å². The van der Waals surface area contributed by atoms with Gasteiger partial charge in [0.2, 0.25) is 5.88 Å². The van der Waals surface area contributed by atoms with E-state index in [1.54, 1.807) is 11.7 Å². The van der Waals surface area contributed by atoms with Crippen molar-refractivity contribution in [3.63, 3.8) is 0 Å². The number of nitrogens with zero attached hydrogens (tertiary/aromatic N) is 2. The highest BCUT2D eigenvalue weighted by Crippen LogP contribution is 2.30. The summed E-state index contributed by atoms with van der Waals surface area (Å²) in [6.45, 7) is 4.26. The molecule has 0 amide bonds. The number of ether oxygens (including phenoxy) is 5. The van der Waals surface area contributed by atoms with E-state index in [1.807, 2.05) is 18.2 Å². The van der Waals surface area contributed by atoms with Crippen LogP contribution in [0.3, 0.4) is 0 Å². The van der Waals surface area contributed by atoms with E-state index in [2.05, 4.69) is 22.9 Å². The van der Waals surface area contributed by atoms with Crippen molar-refractivity contribution in [2.24, 2.45) is 0 Å². The molecule has 4 rings (SSSR count). The van der Waals surface area contributed by atoms with Crippen molar-refractivity contribution < 1.29 is 23.7 Å². The van der Waals surface area contributed by atoms with Crippen LogP contribution in [0.1, 0.15) is 17.5 Å². The molecule has 2 aliphatic rings. The fourth-order valence-electron chi connectivity index (χ4n) is 3.76. The summed E-state index contributed by atoms with van der Waals surface area (Å²) >= 11 is 0. The lowest BCUT2D eigenvalue weighted by Gasteiger charge is -2.23. The summed E-state index contributed by atoms with van der Waals surface area (Å²) in [5.74, 6) is 6.49. The second-order valence-corrected chi connectivity index (χ2v) is 7.59. The number of rotatable bonds is 8. The lowest BCUT2D eigenvalue weighted by molar-refractivity contribution is -0.0936. The van der Waals surface area contributed by atoms with Crippen molar-refractivity contribution in [1.29, 1.82) is 0 Å². The number of fused-ring (bicyclic) bond motifs is 3. The summed E-state index contributed by atoms with van der Waals surface area (Å²) in [6.07, 6.45) is 1.46. The molecule has 1 aromatic heterocycles. The monoisotopic (exact) mass is 440 g/mol. The minimum absolute atomic E-state index is 0.0214. The van der Waals surface area contributed by atoms with E-state index in [4.69, 9.17) is 23.7 Å². The molecule has 1 aromatic carbocycles. The second-order valence-electron chi connectivity index (χ2n) is 7.59. The molecule has 0 N–H and O–H groups in total. The minimum atomic E-state index is -0.294. The van der Waals surface area contributed by atoms with E-state index in [1.165, 1.54) is 0 Å². The predicted octanol–water partition coefficient (Wildman–Crippen LogP) is 1.67. The van der Waals surface area contributed by atoms with Crippen LogP contribution in [0.5, 0.6) is 5.88 Å². The van der Waals surface area contributed by atoms with Crippen LogP contribution < -0.4 is 10.4 Å². The summed E-state index contributed by atoms with van der Waals surface area (Å²) in [5, 5.41) is 0. The summed E-state index contributed by atoms with van der Waals surface area (Å²) in [7, 11) is 1.64. The molecule has 2 aromatic rings. The van der Waals surface area contributed by atoms with Gasteiger partial charge in [0.1, 0.15) is 6.61 Å². The third kappa shape index (κ3) is 5.75. The van der Waals surface area contributed by atoms with Gasteiger partial charge >= 0.3 is 5.69 Å². The van der Waals surface area contributed by atoms with Crippen LogP contribution in [0.25, 0.3) is 11.3 Å². The van der Waals surface area contributed by atoms with Gasteiger partial charge in [-0.3, -0.25) is 4.57 Å². The van der Waals surface area contributed by atoms with Crippen LogP contribution >= 0.6 is 0 Å². The first-order valence-electron chi connectivity index (χ1n) is 10.9. The van der Waals surface area contributed by atoms with E-state index in [0.717, 1.165) is 28.8 Å². The van der Waals surface area contributed by atoms with Gasteiger partial charge in [-0.15, -0.1) is 0 Å². The smallest absolute Gasteiger partial charge is 0.351 e. The zero-order chi connectivity index (χ0) is 22.2. The number of aryl methyl sites for hydroxylation is 1. The van der Waals surface area contributed by atoms with E-state index < -0.39 is 0 Å². The molecule has 0 saturated carbocycles. The largest absolute Gasteiger partial charge is 0.477 e. The van der Waals surface area contributed by atoms with Crippen LogP contribution in [0.2, 0.25) is 0 Å². The van der Waals surface area contributed by atoms with Gasteiger partial charge in [-0.1, -0.05) is 17.9 Å². The van der Waals surface area contributed by atoms with Crippen LogP contribution in [-0.2, 0) is 31.9 Å². The summed E-state index contributed by atoms with van der Waals surface area (Å²) in [6, 6.07) is 7.88. The Morgan fingerprint density at radius 1 is 1.22 bits per heavy atom. The molecule has 8 nitrogen and oxygen atoms in total. The van der Waals surface area contributed by atoms with Gasteiger partial charge in [-0.2, -0.15) is 4.98 Å². The lowest BCUT2D eigenvalue weighted by atomic mass is 9.95. The molecule has 3 heterocycles. The summed E-state index contributed by atoms with van der Waals surface area (Å²) < 4.78 is 28.8. The zero-order valence-corrected chi connectivity index (χ0v) is 18.3. The number of benzene rings is 1. The van der Waals surface area contributed by atoms with Gasteiger partial charge in [0, 0.05) is 37.3 Å². The van der Waals surface area contributed by atoms with Crippen molar-refractivity contribution in [1.82, 2.24) is 9.55 Å². The maximum Gasteiger partial charge on any atom is 0.351 e. The molecule has 1 saturated heterocycles. The molecule has 0 bridgehead atoms. The Labute approximate surface area is 187 Å². The number of aromatic nitrogens is 2. The quantitative estimate of drug-likeness (QED) is 0.456. The highest BCUT2D eigenvalue weighted by atomic mass is 16.6. The van der Waals surface area contributed by atoms with Gasteiger partial charge in [0.25, 0.3) is 0 Å². The van der Waals surface area contributed by atoms with E-state index in [0.29, 0.717) is 65.1 Å². The maximum absolute atomic E-state index is 12.6. The molecule has 0 spiro atoms. The Bertz CT molecular complexity index is 1030. The molecule has 1 unspecified atom stereocenters. The third-order valence-corrected chi connectivity index (χ3v) is 5.39. The van der Waals surface area contributed by atoms with E-state index >= 15 is 0 Å². The van der Waals surface area contributed by atoms with Crippen molar-refractivity contribution in [2.75, 3.05) is 53.4 Å². The zero-order valence-electron chi connectivity index (χ0n) is 18.3. The predicted molar refractivity (Wildman–Crippen MR) is 118 cm³/mol. The van der Waals surface area contributed by atoms with Crippen LogP contribution in [0, 0.1) is 11.8 Å². The van der Waals surface area contributed by atoms with Gasteiger partial charge in [0.15, 0.2) is 0 Å². The first kappa shape index (κ1) is 22.5. The molecular weight excluding hydrogens is 412 g/mol. The molecule has 170 valence electrons. The second kappa shape index (κ2) is 11.2. The SMILES string of the molecule is COCCOCC#Cc1ccc2c(c1)CCn1c-2cc(OCCC2COCCO2)nc1=O. The maximum atomic E-state index is 12.6. The number of methoxy groups -OCH3 is 1. The third-order valence-electron chi connectivity index (χ3n) is 5.39. The molecule has 32 heavy (non-hydrogen) atoms. The van der Waals surface area contributed by atoms with Crippen molar-refractivity contribution >= 4 is 0 Å². The van der Waals surface area contributed by atoms with Crippen LogP contribution in [-0.4, -0.2) is 69.0 Å². The van der Waals surface area contributed by atoms with Crippen LogP contribution in [0.15, 0.2) is 29.1 Å². The van der Waals surface area contributed by atoms with Gasteiger partial charge in [-0.05, 0) is 24.1 Å². The molecule has 1 fully saturated rings. The Morgan fingerprint density at radius 2 is 2.16 bits per heavy atom. The standard InChI is InChI=1S/C24H28N2O6/c1-28-11-12-29-9-2-3-18-4-5-21-19(15-18)6-8-26-22(21)16-23(25-24(26)27)32-10-7-20-17-30-13-14-31-20/h4-5,15-16,20H,6-14,17H2,1H3. The topological polar surface area (TPSA) is 81.0 Å². The Morgan fingerprint density at radius 3 is 3.00 bits per heavy atom. The fraction of sp³-hybridized carbons (Fsp3) is 0.500. The minimum Gasteiger partial charge on any atom is -0.477 e. The average Bonchev–Trinajstić information content (AvgIpc) is 2.82. The fourth-order valence-corrected chi connectivity index (χ4v) is 3.76. The number of hydrogen-bond donors (Lipinski definition) is 0. The first-order valence-corrected chi connectivity index (χ1v) is 10.9. The van der Waals surface area contributed by atoms with Gasteiger partial charge < -0.3 is 23.7 Å². The molecular formula is C24H28N2O6. The first-order chi connectivity index (χ1) is 15.7. The molecule has 8 heteroatoms. The molecule has 2 aliphatic heterocycles. The summed E-state index contributed by atoms with van der Waals surface area (Å²) in [4.78, 5) is 16.7. The van der Waals surface area contributed by atoms with Crippen molar-refractivity contribution in [3.8, 4) is 29.0 Å². The highest BCUT2D eigenvalue weighted by molar-refractivity contribution is 5.67. The highest BCUT2D eigenvalue weighted by Gasteiger charge is 2.20. The normalized spacial score (nSPS) is 17.1. The van der Waals surface area contributed by atoms with Crippen LogP contribution in [0.4, 0.5) is 0 Å². The summed E-state index contributed by atoms with van der Waals surface area (Å²) in [5.41, 5.74) is 3.61. The van der Waals surface area contributed by atoms with Crippen molar-refractivity contribution in [2.45, 2.75) is 25.5 Å². The average molecular weight is 440 g/mol. The molecule has 0 aliphatic carbocycles. The van der Waals surface area contributed by atoms with Gasteiger partial charge in [0.05, 0.1) is 51.4 Å².